The molecular weight excluding hydrogens is 388 g/mol. The zero-order valence-corrected chi connectivity index (χ0v) is 16.4. The van der Waals surface area contributed by atoms with Gasteiger partial charge in [0.15, 0.2) is 5.16 Å². The van der Waals surface area contributed by atoms with Crippen molar-refractivity contribution in [3.8, 4) is 11.3 Å². The highest BCUT2D eigenvalue weighted by atomic mass is 32.2. The summed E-state index contributed by atoms with van der Waals surface area (Å²) < 4.78 is 6.76. The fraction of sp³-hybridized carbons (Fsp3) is 0.143. The normalized spacial score (nSPS) is 12.0. The number of carbonyl (C=O) groups excluding carboxylic acids is 1. The third kappa shape index (κ3) is 4.07. The molecular formula is C21H18N4O3S. The van der Waals surface area contributed by atoms with Crippen LogP contribution in [0.1, 0.15) is 29.1 Å². The van der Waals surface area contributed by atoms with Crippen molar-refractivity contribution in [1.82, 2.24) is 19.9 Å². The quantitative estimate of drug-likeness (QED) is 0.370. The van der Waals surface area contributed by atoms with E-state index in [4.69, 9.17) is 4.52 Å². The first-order chi connectivity index (χ1) is 14.1. The lowest BCUT2D eigenvalue weighted by Crippen LogP contribution is -2.22. The molecule has 1 atom stereocenters. The molecule has 2 aromatic carbocycles. The summed E-state index contributed by atoms with van der Waals surface area (Å²) in [5.74, 6) is 0.0332. The smallest absolute Gasteiger partial charge is 0.344 e. The lowest BCUT2D eigenvalue weighted by atomic mass is 10.1. The lowest BCUT2D eigenvalue weighted by Gasteiger charge is -2.14. The number of Topliss-reactive ketones (excluding diaryl/α,β-unsaturated/α-hetero) is 1. The fourth-order valence-corrected chi connectivity index (χ4v) is 3.86. The van der Waals surface area contributed by atoms with Gasteiger partial charge in [0.1, 0.15) is 5.69 Å². The minimum absolute atomic E-state index is 0.0786. The number of benzene rings is 2. The van der Waals surface area contributed by atoms with Gasteiger partial charge in [0.25, 0.3) is 0 Å². The first-order valence-corrected chi connectivity index (χ1v) is 10.0. The van der Waals surface area contributed by atoms with Crippen molar-refractivity contribution in [2.45, 2.75) is 18.1 Å². The number of H-pyrrole nitrogens is 1. The van der Waals surface area contributed by atoms with E-state index in [1.165, 1.54) is 11.8 Å². The van der Waals surface area contributed by atoms with Crippen molar-refractivity contribution >= 4 is 17.5 Å². The number of aromatic nitrogens is 4. The average molecular weight is 406 g/mol. The number of nitrogens with zero attached hydrogens (tertiary/aromatic N) is 3. The first kappa shape index (κ1) is 18.9. The molecule has 2 aromatic heterocycles. The molecule has 0 aliphatic carbocycles. The first-order valence-electron chi connectivity index (χ1n) is 9.03. The topological polar surface area (TPSA) is 93.8 Å². The van der Waals surface area contributed by atoms with Crippen LogP contribution in [0.2, 0.25) is 0 Å². The van der Waals surface area contributed by atoms with Crippen LogP contribution in [0.4, 0.5) is 0 Å². The van der Waals surface area contributed by atoms with Crippen LogP contribution in [0.3, 0.4) is 0 Å². The molecule has 0 aliphatic heterocycles. The van der Waals surface area contributed by atoms with E-state index in [0.717, 1.165) is 11.1 Å². The van der Waals surface area contributed by atoms with Crippen molar-refractivity contribution in [2.24, 2.45) is 0 Å². The summed E-state index contributed by atoms with van der Waals surface area (Å²) >= 11 is 1.18. The Bertz CT molecular complexity index is 1170. The van der Waals surface area contributed by atoms with Gasteiger partial charge in [0.05, 0.1) is 11.8 Å². The fourth-order valence-electron chi connectivity index (χ4n) is 2.97. The Morgan fingerprint density at radius 1 is 1.14 bits per heavy atom. The molecule has 0 spiro atoms. The zero-order chi connectivity index (χ0) is 20.2. The van der Waals surface area contributed by atoms with Gasteiger partial charge in [0, 0.05) is 11.6 Å². The lowest BCUT2D eigenvalue weighted by molar-refractivity contribution is 0.0983. The molecule has 1 unspecified atom stereocenters. The molecule has 146 valence electrons. The van der Waals surface area contributed by atoms with Gasteiger partial charge in [-0.25, -0.2) is 9.89 Å². The number of rotatable bonds is 7. The van der Waals surface area contributed by atoms with Crippen LogP contribution in [0.15, 0.2) is 81.2 Å². The summed E-state index contributed by atoms with van der Waals surface area (Å²) in [5.41, 5.74) is 2.14. The van der Waals surface area contributed by atoms with Crippen LogP contribution in [0.5, 0.6) is 0 Å². The maximum absolute atomic E-state index is 12.5. The Kier molecular flexibility index (Phi) is 5.44. The van der Waals surface area contributed by atoms with Gasteiger partial charge in [-0.1, -0.05) is 77.6 Å². The number of thioether (sulfide) groups is 1. The predicted molar refractivity (Wildman–Crippen MR) is 110 cm³/mol. The minimum Gasteiger partial charge on any atom is -0.352 e. The van der Waals surface area contributed by atoms with Crippen molar-refractivity contribution in [3.63, 3.8) is 0 Å². The van der Waals surface area contributed by atoms with Gasteiger partial charge in [-0.15, -0.1) is 5.10 Å². The van der Waals surface area contributed by atoms with E-state index < -0.39 is 0 Å². The van der Waals surface area contributed by atoms with Crippen molar-refractivity contribution in [1.29, 1.82) is 0 Å². The van der Waals surface area contributed by atoms with Crippen molar-refractivity contribution in [3.05, 3.63) is 88.5 Å². The Labute approximate surface area is 170 Å². The molecule has 7 nitrogen and oxygen atoms in total. The van der Waals surface area contributed by atoms with Gasteiger partial charge in [-0.05, 0) is 12.5 Å². The molecule has 0 bridgehead atoms. The molecule has 0 fully saturated rings. The number of nitrogens with one attached hydrogen (secondary N) is 1. The molecule has 0 aliphatic rings. The Morgan fingerprint density at radius 2 is 1.83 bits per heavy atom. The minimum atomic E-state index is -0.317. The van der Waals surface area contributed by atoms with Crippen LogP contribution in [-0.2, 0) is 0 Å². The van der Waals surface area contributed by atoms with Crippen molar-refractivity contribution < 1.29 is 9.32 Å². The van der Waals surface area contributed by atoms with Gasteiger partial charge in [-0.3, -0.25) is 9.36 Å². The second-order valence-electron chi connectivity index (χ2n) is 6.42. The highest BCUT2D eigenvalue weighted by Crippen LogP contribution is 2.24. The maximum atomic E-state index is 12.5. The second kappa shape index (κ2) is 8.32. The third-order valence-electron chi connectivity index (χ3n) is 4.53. The van der Waals surface area contributed by atoms with E-state index >= 15 is 0 Å². The average Bonchev–Trinajstić information content (AvgIpc) is 3.40. The Morgan fingerprint density at radius 3 is 2.55 bits per heavy atom. The SMILES string of the molecule is CC(c1ccccc1)n1c(SCC(=O)c2cc(-c3ccccc3)no2)n[nH]c1=O. The van der Waals surface area contributed by atoms with E-state index in [1.54, 1.807) is 10.6 Å². The van der Waals surface area contributed by atoms with E-state index in [2.05, 4.69) is 15.4 Å². The number of aromatic amines is 1. The summed E-state index contributed by atoms with van der Waals surface area (Å²) in [6, 6.07) is 20.6. The number of carbonyl (C=O) groups is 1. The summed E-state index contributed by atoms with van der Waals surface area (Å²) in [4.78, 5) is 24.8. The number of ketones is 1. The van der Waals surface area contributed by atoms with Crippen LogP contribution in [-0.4, -0.2) is 31.5 Å². The van der Waals surface area contributed by atoms with Crippen LogP contribution >= 0.6 is 11.8 Å². The molecule has 1 N–H and O–H groups in total. The second-order valence-corrected chi connectivity index (χ2v) is 7.36. The molecule has 4 aromatic rings. The standard InChI is InChI=1S/C21H18N4O3S/c1-14(15-8-4-2-5-9-15)25-20(27)22-23-21(25)29-13-18(26)19-12-17(24-28-19)16-10-6-3-7-11-16/h2-12,14H,13H2,1H3,(H,22,27). The van der Waals surface area contributed by atoms with Crippen LogP contribution in [0, 0.1) is 0 Å². The maximum Gasteiger partial charge on any atom is 0.344 e. The van der Waals surface area contributed by atoms with Gasteiger partial charge < -0.3 is 4.52 Å². The molecule has 0 radical (unpaired) electrons. The zero-order valence-electron chi connectivity index (χ0n) is 15.6. The van der Waals surface area contributed by atoms with E-state index in [-0.39, 0.29) is 29.0 Å². The largest absolute Gasteiger partial charge is 0.352 e. The molecule has 0 saturated carbocycles. The molecule has 2 heterocycles. The van der Waals surface area contributed by atoms with E-state index in [1.807, 2.05) is 67.6 Å². The Balaban J connectivity index is 1.48. The molecule has 0 amide bonds. The molecule has 4 rings (SSSR count). The van der Waals surface area contributed by atoms with E-state index in [0.29, 0.717) is 10.9 Å². The van der Waals surface area contributed by atoms with Crippen molar-refractivity contribution in [2.75, 3.05) is 5.75 Å². The third-order valence-corrected chi connectivity index (χ3v) is 5.48. The van der Waals surface area contributed by atoms with E-state index in [9.17, 15) is 9.59 Å². The highest BCUT2D eigenvalue weighted by Gasteiger charge is 2.20. The predicted octanol–water partition coefficient (Wildman–Crippen LogP) is 3.81. The number of hydrogen-bond acceptors (Lipinski definition) is 6. The summed E-state index contributed by atoms with van der Waals surface area (Å²) in [6.45, 7) is 1.92. The Hall–Kier alpha value is -3.39. The van der Waals surface area contributed by atoms with Crippen LogP contribution in [0.25, 0.3) is 11.3 Å². The van der Waals surface area contributed by atoms with Gasteiger partial charge >= 0.3 is 5.69 Å². The summed E-state index contributed by atoms with van der Waals surface area (Å²) in [5, 5.41) is 11.0. The highest BCUT2D eigenvalue weighted by molar-refractivity contribution is 7.99. The van der Waals surface area contributed by atoms with Gasteiger partial charge in [0.2, 0.25) is 11.5 Å². The molecule has 0 saturated heterocycles. The summed E-state index contributed by atoms with van der Waals surface area (Å²) in [7, 11) is 0. The van der Waals surface area contributed by atoms with Gasteiger partial charge in [-0.2, -0.15) is 0 Å². The molecule has 8 heteroatoms. The summed E-state index contributed by atoms with van der Waals surface area (Å²) in [6.07, 6.45) is 0. The molecule has 29 heavy (non-hydrogen) atoms. The van der Waals surface area contributed by atoms with Crippen LogP contribution < -0.4 is 5.69 Å². The monoisotopic (exact) mass is 406 g/mol. The number of hydrogen-bond donors (Lipinski definition) is 1.